The van der Waals surface area contributed by atoms with Gasteiger partial charge in [-0.1, -0.05) is 27.2 Å². The average Bonchev–Trinajstić information content (AvgIpc) is 2.48. The molecule has 1 unspecified atom stereocenters. The third-order valence-corrected chi connectivity index (χ3v) is 5.33. The van der Waals surface area contributed by atoms with Crippen LogP contribution in [-0.4, -0.2) is 0 Å². The number of hydrogen-bond donors (Lipinski definition) is 0. The summed E-state index contributed by atoms with van der Waals surface area (Å²) < 4.78 is 1.33. The lowest BCUT2D eigenvalue weighted by Crippen LogP contribution is -2.20. The van der Waals surface area contributed by atoms with Crippen molar-refractivity contribution in [3.63, 3.8) is 0 Å². The second-order valence-corrected chi connectivity index (χ2v) is 6.06. The Labute approximate surface area is 99.9 Å². The van der Waals surface area contributed by atoms with Crippen LogP contribution in [-0.2, 0) is 5.41 Å². The summed E-state index contributed by atoms with van der Waals surface area (Å²) in [6.45, 7) is 9.11. The van der Waals surface area contributed by atoms with Crippen molar-refractivity contribution in [2.24, 2.45) is 0 Å². The molecule has 1 heterocycles. The summed E-state index contributed by atoms with van der Waals surface area (Å²) in [7, 11) is 0. The zero-order chi connectivity index (χ0) is 10.8. The van der Waals surface area contributed by atoms with Crippen molar-refractivity contribution in [3.05, 3.63) is 20.3 Å². The van der Waals surface area contributed by atoms with Crippen LogP contribution in [0.3, 0.4) is 0 Å². The van der Waals surface area contributed by atoms with Crippen molar-refractivity contribution < 1.29 is 0 Å². The van der Waals surface area contributed by atoms with E-state index in [1.54, 1.807) is 0 Å². The SMILES string of the molecule is CCCC(C)(CC)c1csc(C)c1Br. The predicted molar refractivity (Wildman–Crippen MR) is 69.3 cm³/mol. The summed E-state index contributed by atoms with van der Waals surface area (Å²) in [5.74, 6) is 0. The lowest BCUT2D eigenvalue weighted by Gasteiger charge is -2.28. The van der Waals surface area contributed by atoms with Crippen LogP contribution in [0.25, 0.3) is 0 Å². The maximum absolute atomic E-state index is 3.71. The van der Waals surface area contributed by atoms with Crippen LogP contribution in [0, 0.1) is 6.92 Å². The van der Waals surface area contributed by atoms with Crippen LogP contribution in [0.2, 0.25) is 0 Å². The van der Waals surface area contributed by atoms with Crippen LogP contribution in [0.4, 0.5) is 0 Å². The topological polar surface area (TPSA) is 0 Å². The largest absolute Gasteiger partial charge is 0.148 e. The van der Waals surface area contributed by atoms with Crippen molar-refractivity contribution in [1.29, 1.82) is 0 Å². The van der Waals surface area contributed by atoms with Gasteiger partial charge in [-0.3, -0.25) is 0 Å². The second-order valence-electron chi connectivity index (χ2n) is 4.18. The van der Waals surface area contributed by atoms with E-state index >= 15 is 0 Å². The molecule has 1 aromatic heterocycles. The van der Waals surface area contributed by atoms with Gasteiger partial charge < -0.3 is 0 Å². The molecule has 0 bridgehead atoms. The van der Waals surface area contributed by atoms with Crippen LogP contribution in [0.5, 0.6) is 0 Å². The van der Waals surface area contributed by atoms with E-state index in [1.165, 1.54) is 34.2 Å². The molecule has 0 saturated carbocycles. The molecule has 0 nitrogen and oxygen atoms in total. The normalized spacial score (nSPS) is 15.5. The molecule has 0 saturated heterocycles. The fourth-order valence-electron chi connectivity index (χ4n) is 1.90. The van der Waals surface area contributed by atoms with E-state index < -0.39 is 0 Å². The third kappa shape index (κ3) is 2.22. The van der Waals surface area contributed by atoms with E-state index in [1.807, 2.05) is 11.3 Å². The van der Waals surface area contributed by atoms with Crippen LogP contribution in [0.1, 0.15) is 50.5 Å². The summed E-state index contributed by atoms with van der Waals surface area (Å²) in [5, 5.41) is 2.32. The molecule has 0 aliphatic carbocycles. The van der Waals surface area contributed by atoms with Crippen LogP contribution < -0.4 is 0 Å². The van der Waals surface area contributed by atoms with Gasteiger partial charge in [-0.15, -0.1) is 11.3 Å². The highest BCUT2D eigenvalue weighted by molar-refractivity contribution is 9.10. The third-order valence-electron chi connectivity index (χ3n) is 3.13. The van der Waals surface area contributed by atoms with E-state index in [-0.39, 0.29) is 0 Å². The van der Waals surface area contributed by atoms with Crippen LogP contribution in [0.15, 0.2) is 9.85 Å². The van der Waals surface area contributed by atoms with E-state index in [9.17, 15) is 0 Å². The lowest BCUT2D eigenvalue weighted by molar-refractivity contribution is 0.413. The Hall–Kier alpha value is 0.180. The highest BCUT2D eigenvalue weighted by Gasteiger charge is 2.27. The summed E-state index contributed by atoms with van der Waals surface area (Å²) >= 11 is 5.56. The minimum absolute atomic E-state index is 0.359. The smallest absolute Gasteiger partial charge is 0.0349 e. The van der Waals surface area contributed by atoms with Gasteiger partial charge in [0.15, 0.2) is 0 Å². The summed E-state index contributed by atoms with van der Waals surface area (Å²) in [4.78, 5) is 1.40. The van der Waals surface area contributed by atoms with Crippen LogP contribution >= 0.6 is 27.3 Å². The number of halogens is 1. The van der Waals surface area contributed by atoms with E-state index in [0.717, 1.165) is 0 Å². The van der Waals surface area contributed by atoms with Crippen molar-refractivity contribution in [3.8, 4) is 0 Å². The predicted octanol–water partition coefficient (Wildman–Crippen LogP) is 5.29. The van der Waals surface area contributed by atoms with E-state index in [2.05, 4.69) is 49.0 Å². The number of aryl methyl sites for hydroxylation is 1. The first-order valence-corrected chi connectivity index (χ1v) is 6.96. The summed E-state index contributed by atoms with van der Waals surface area (Å²) in [6.07, 6.45) is 3.75. The van der Waals surface area contributed by atoms with Gasteiger partial charge in [0.05, 0.1) is 0 Å². The highest BCUT2D eigenvalue weighted by atomic mass is 79.9. The highest BCUT2D eigenvalue weighted by Crippen LogP contribution is 2.40. The summed E-state index contributed by atoms with van der Waals surface area (Å²) in [6, 6.07) is 0. The number of rotatable bonds is 4. The molecule has 1 atom stereocenters. The van der Waals surface area contributed by atoms with E-state index in [0.29, 0.717) is 5.41 Å². The van der Waals surface area contributed by atoms with Crippen molar-refractivity contribution >= 4 is 27.3 Å². The molecule has 0 aliphatic rings. The van der Waals surface area contributed by atoms with Crippen molar-refractivity contribution in [2.45, 2.75) is 52.4 Å². The maximum atomic E-state index is 3.71. The molecule has 0 spiro atoms. The fourth-order valence-corrected chi connectivity index (χ4v) is 3.84. The van der Waals surface area contributed by atoms with Gasteiger partial charge >= 0.3 is 0 Å². The fraction of sp³-hybridized carbons (Fsp3) is 0.667. The molecule has 2 heteroatoms. The summed E-state index contributed by atoms with van der Waals surface area (Å²) in [5.41, 5.74) is 1.86. The average molecular weight is 275 g/mol. The molecule has 0 radical (unpaired) electrons. The lowest BCUT2D eigenvalue weighted by atomic mass is 9.78. The quantitative estimate of drug-likeness (QED) is 0.700. The maximum Gasteiger partial charge on any atom is 0.0349 e. The molecule has 14 heavy (non-hydrogen) atoms. The minimum Gasteiger partial charge on any atom is -0.148 e. The molecular formula is C12H19BrS. The molecule has 1 aromatic rings. The minimum atomic E-state index is 0.359. The Balaban J connectivity index is 3.05. The molecule has 0 N–H and O–H groups in total. The molecule has 0 aliphatic heterocycles. The molecule has 0 aromatic carbocycles. The standard InChI is InChI=1S/C12H19BrS/c1-5-7-12(4,6-2)10-8-14-9(3)11(10)13/h8H,5-7H2,1-4H3. The van der Waals surface area contributed by atoms with Crippen molar-refractivity contribution in [2.75, 3.05) is 0 Å². The Morgan fingerprint density at radius 1 is 1.43 bits per heavy atom. The van der Waals surface area contributed by atoms with Crippen molar-refractivity contribution in [1.82, 2.24) is 0 Å². The van der Waals surface area contributed by atoms with Gasteiger partial charge in [0.25, 0.3) is 0 Å². The number of hydrogen-bond acceptors (Lipinski definition) is 1. The molecule has 1 rings (SSSR count). The first-order valence-electron chi connectivity index (χ1n) is 5.29. The Morgan fingerprint density at radius 2 is 2.07 bits per heavy atom. The molecule has 0 fully saturated rings. The first-order chi connectivity index (χ1) is 6.55. The van der Waals surface area contributed by atoms with E-state index in [4.69, 9.17) is 0 Å². The monoisotopic (exact) mass is 274 g/mol. The van der Waals surface area contributed by atoms with Gasteiger partial charge in [0.2, 0.25) is 0 Å². The van der Waals surface area contributed by atoms with Gasteiger partial charge in [-0.05, 0) is 52.1 Å². The number of thiophene rings is 1. The zero-order valence-corrected chi connectivity index (χ0v) is 11.9. The molecule has 0 amide bonds. The van der Waals surface area contributed by atoms with Gasteiger partial charge in [-0.2, -0.15) is 0 Å². The van der Waals surface area contributed by atoms with Gasteiger partial charge in [0, 0.05) is 9.35 Å². The molecular weight excluding hydrogens is 256 g/mol. The second kappa shape index (κ2) is 4.80. The molecule has 80 valence electrons. The van der Waals surface area contributed by atoms with Gasteiger partial charge in [0.1, 0.15) is 0 Å². The Kier molecular flexibility index (Phi) is 4.20. The zero-order valence-electron chi connectivity index (χ0n) is 9.48. The Morgan fingerprint density at radius 3 is 2.43 bits per heavy atom. The van der Waals surface area contributed by atoms with Gasteiger partial charge in [-0.25, -0.2) is 0 Å². The Bertz CT molecular complexity index is 303. The first kappa shape index (κ1) is 12.3.